The molecule has 0 radical (unpaired) electrons. The molecule has 1 aromatic carbocycles. The molecule has 25 heavy (non-hydrogen) atoms. The summed E-state index contributed by atoms with van der Waals surface area (Å²) in [6, 6.07) is 8.05. The molecule has 134 valence electrons. The molecular formula is C16H22N6OS2. The first-order valence-corrected chi connectivity index (χ1v) is 9.15. The highest BCUT2D eigenvalue weighted by molar-refractivity contribution is 7.72. The molecule has 9 heteroatoms. The molecule has 3 N–H and O–H groups in total. The summed E-state index contributed by atoms with van der Waals surface area (Å²) in [5.74, 6) is 0.0376. The molecule has 0 atom stereocenters. The van der Waals surface area contributed by atoms with Gasteiger partial charge in [0.25, 0.3) is 0 Å². The van der Waals surface area contributed by atoms with Crippen molar-refractivity contribution in [1.82, 2.24) is 25.1 Å². The normalized spacial score (nSPS) is 14.6. The van der Waals surface area contributed by atoms with E-state index in [-0.39, 0.29) is 5.91 Å². The van der Waals surface area contributed by atoms with E-state index in [4.69, 9.17) is 24.4 Å². The van der Waals surface area contributed by atoms with E-state index < -0.39 is 0 Å². The van der Waals surface area contributed by atoms with Gasteiger partial charge in [-0.3, -0.25) is 19.6 Å². The maximum Gasteiger partial charge on any atom is 0.221 e. The van der Waals surface area contributed by atoms with Gasteiger partial charge >= 0.3 is 0 Å². The number of benzene rings is 1. The maximum atomic E-state index is 11.7. The van der Waals surface area contributed by atoms with E-state index in [0.717, 1.165) is 24.5 Å². The molecule has 1 aliphatic heterocycles. The van der Waals surface area contributed by atoms with Crippen LogP contribution in [0.1, 0.15) is 19.3 Å². The Hall–Kier alpha value is -1.97. The van der Waals surface area contributed by atoms with Crippen LogP contribution in [0, 0.1) is 9.54 Å². The summed E-state index contributed by atoms with van der Waals surface area (Å²) in [6.07, 6.45) is 2.79. The number of aromatic amines is 2. The third-order valence-electron chi connectivity index (χ3n) is 4.32. The van der Waals surface area contributed by atoms with Crippen molar-refractivity contribution >= 4 is 36.0 Å². The molecule has 0 saturated carbocycles. The van der Waals surface area contributed by atoms with Gasteiger partial charge in [0.1, 0.15) is 0 Å². The molecule has 0 unspecified atom stereocenters. The number of hydrogen-bond donors (Lipinski definition) is 3. The van der Waals surface area contributed by atoms with Crippen LogP contribution in [0.3, 0.4) is 0 Å². The molecule has 3 rings (SSSR count). The van der Waals surface area contributed by atoms with Crippen molar-refractivity contribution in [1.29, 1.82) is 0 Å². The summed E-state index contributed by atoms with van der Waals surface area (Å²) in [5, 5.41) is 12.9. The summed E-state index contributed by atoms with van der Waals surface area (Å²) >= 11 is 10.6. The molecule has 1 aliphatic rings. The molecule has 0 aliphatic carbocycles. The van der Waals surface area contributed by atoms with Crippen LogP contribution < -0.4 is 10.3 Å². The molecule has 7 nitrogen and oxygen atoms in total. The van der Waals surface area contributed by atoms with Crippen LogP contribution in [-0.2, 0) is 4.79 Å². The first-order chi connectivity index (χ1) is 12.1. The van der Waals surface area contributed by atoms with E-state index in [2.05, 4.69) is 37.7 Å². The van der Waals surface area contributed by atoms with Crippen molar-refractivity contribution in [2.75, 3.05) is 31.7 Å². The van der Waals surface area contributed by atoms with Gasteiger partial charge in [-0.25, -0.2) is 5.01 Å². The lowest BCUT2D eigenvalue weighted by Crippen LogP contribution is -2.42. The van der Waals surface area contributed by atoms with E-state index in [9.17, 15) is 4.79 Å². The molecule has 2 heterocycles. The average Bonchev–Trinajstić information content (AvgIpc) is 3.25. The summed E-state index contributed by atoms with van der Waals surface area (Å²) in [7, 11) is 1.67. The van der Waals surface area contributed by atoms with Crippen molar-refractivity contribution in [2.45, 2.75) is 19.3 Å². The van der Waals surface area contributed by atoms with E-state index >= 15 is 0 Å². The Labute approximate surface area is 156 Å². The molecule has 1 saturated heterocycles. The highest BCUT2D eigenvalue weighted by atomic mass is 32.1. The predicted octanol–water partition coefficient (Wildman–Crippen LogP) is 2.55. The van der Waals surface area contributed by atoms with Crippen LogP contribution in [0.15, 0.2) is 24.3 Å². The van der Waals surface area contributed by atoms with Gasteiger partial charge in [0.15, 0.2) is 9.54 Å². The largest absolute Gasteiger partial charge is 0.359 e. The van der Waals surface area contributed by atoms with E-state index in [1.807, 2.05) is 12.1 Å². The number of nitrogens with zero attached hydrogens (tertiary/aromatic N) is 3. The van der Waals surface area contributed by atoms with Crippen molar-refractivity contribution in [3.63, 3.8) is 0 Å². The Morgan fingerprint density at radius 2 is 1.92 bits per heavy atom. The fourth-order valence-corrected chi connectivity index (χ4v) is 3.60. The zero-order valence-electron chi connectivity index (χ0n) is 14.1. The lowest BCUT2D eigenvalue weighted by molar-refractivity contribution is -0.120. The topological polar surface area (TPSA) is 72.1 Å². The van der Waals surface area contributed by atoms with Gasteiger partial charge in [-0.1, -0.05) is 6.07 Å². The number of carbonyl (C=O) groups excluding carboxylic acids is 1. The van der Waals surface area contributed by atoms with Crippen molar-refractivity contribution in [2.24, 2.45) is 0 Å². The average molecular weight is 379 g/mol. The minimum Gasteiger partial charge on any atom is -0.359 e. The quantitative estimate of drug-likeness (QED) is 0.674. The highest BCUT2D eigenvalue weighted by Gasteiger charge is 2.21. The Kier molecular flexibility index (Phi) is 5.67. The Morgan fingerprint density at radius 1 is 1.24 bits per heavy atom. The van der Waals surface area contributed by atoms with Gasteiger partial charge in [0, 0.05) is 33.1 Å². The molecule has 2 aromatic rings. The summed E-state index contributed by atoms with van der Waals surface area (Å²) < 4.78 is 2.84. The SMILES string of the molecule is CNC(=O)CCN(c1cccc(-n2c(=S)[nH][nH]c2=S)c1)N1CCCC1. The zero-order chi connectivity index (χ0) is 17.8. The van der Waals surface area contributed by atoms with E-state index in [0.29, 0.717) is 22.5 Å². The van der Waals surface area contributed by atoms with Crippen LogP contribution in [0.5, 0.6) is 0 Å². The smallest absolute Gasteiger partial charge is 0.221 e. The van der Waals surface area contributed by atoms with Crippen LogP contribution >= 0.6 is 24.4 Å². The third kappa shape index (κ3) is 4.00. The standard InChI is InChI=1S/C16H22N6OS2/c1-17-14(23)7-10-21(20-8-2-3-9-20)12-5-4-6-13(11-12)22-15(24)18-19-16(22)25/h4-6,11H,2-3,7-10H2,1H3,(H,17,23)(H,18,24)(H,19,25). The zero-order valence-corrected chi connectivity index (χ0v) is 15.8. The molecule has 0 bridgehead atoms. The monoisotopic (exact) mass is 378 g/mol. The Morgan fingerprint density at radius 3 is 2.56 bits per heavy atom. The molecule has 1 fully saturated rings. The fraction of sp³-hybridized carbons (Fsp3) is 0.438. The number of hydrazine groups is 1. The predicted molar refractivity (Wildman–Crippen MR) is 103 cm³/mol. The van der Waals surface area contributed by atoms with Gasteiger partial charge in [0.2, 0.25) is 5.91 Å². The summed E-state index contributed by atoms with van der Waals surface area (Å²) in [6.45, 7) is 2.64. The lowest BCUT2D eigenvalue weighted by Gasteiger charge is -2.33. The van der Waals surface area contributed by atoms with Gasteiger partial charge in [0.05, 0.1) is 11.4 Å². The van der Waals surface area contributed by atoms with Gasteiger partial charge in [-0.05, 0) is 55.5 Å². The minimum absolute atomic E-state index is 0.0376. The second kappa shape index (κ2) is 7.94. The number of aromatic nitrogens is 3. The fourth-order valence-electron chi connectivity index (χ4n) is 3.05. The highest BCUT2D eigenvalue weighted by Crippen LogP contribution is 2.24. The van der Waals surface area contributed by atoms with Gasteiger partial charge in [-0.2, -0.15) is 0 Å². The third-order valence-corrected chi connectivity index (χ3v) is 4.89. The van der Waals surface area contributed by atoms with Crippen molar-refractivity contribution < 1.29 is 4.79 Å². The van der Waals surface area contributed by atoms with Crippen LogP contribution in [0.2, 0.25) is 0 Å². The van der Waals surface area contributed by atoms with Crippen LogP contribution in [0.25, 0.3) is 5.69 Å². The first kappa shape index (κ1) is 17.8. The minimum atomic E-state index is 0.0376. The van der Waals surface area contributed by atoms with Crippen molar-refractivity contribution in [3.05, 3.63) is 33.8 Å². The lowest BCUT2D eigenvalue weighted by atomic mass is 10.2. The number of anilines is 1. The first-order valence-electron chi connectivity index (χ1n) is 8.33. The summed E-state index contributed by atoms with van der Waals surface area (Å²) in [4.78, 5) is 11.7. The molecule has 1 amide bonds. The second-order valence-corrected chi connectivity index (χ2v) is 6.70. The molecule has 0 spiro atoms. The number of nitrogens with one attached hydrogen (secondary N) is 3. The number of rotatable bonds is 6. The summed E-state index contributed by atoms with van der Waals surface area (Å²) in [5.41, 5.74) is 1.93. The van der Waals surface area contributed by atoms with Crippen molar-refractivity contribution in [3.8, 4) is 5.69 Å². The van der Waals surface area contributed by atoms with Crippen LogP contribution in [0.4, 0.5) is 5.69 Å². The van der Waals surface area contributed by atoms with E-state index in [1.165, 1.54) is 12.8 Å². The van der Waals surface area contributed by atoms with Gasteiger partial charge < -0.3 is 10.3 Å². The molecule has 1 aromatic heterocycles. The number of carbonyl (C=O) groups is 1. The van der Waals surface area contributed by atoms with Gasteiger partial charge in [-0.15, -0.1) is 0 Å². The molecular weight excluding hydrogens is 356 g/mol. The van der Waals surface area contributed by atoms with Crippen LogP contribution in [-0.4, -0.2) is 52.4 Å². The van der Waals surface area contributed by atoms with E-state index in [1.54, 1.807) is 11.6 Å². The second-order valence-electron chi connectivity index (χ2n) is 5.92. The number of H-pyrrole nitrogens is 2. The Balaban J connectivity index is 1.92. The maximum absolute atomic E-state index is 11.7. The number of amides is 1. The Bertz CT molecular complexity index is 821. The number of hydrogen-bond acceptors (Lipinski definition) is 5.